The molecule has 2 nitrogen and oxygen atoms in total. The minimum atomic E-state index is 0.454. The molecule has 0 unspecified atom stereocenters. The van der Waals surface area contributed by atoms with Gasteiger partial charge in [0, 0.05) is 11.8 Å². The van der Waals surface area contributed by atoms with E-state index >= 15 is 0 Å². The zero-order chi connectivity index (χ0) is 7.68. The number of hydrogen-bond donors (Lipinski definition) is 0. The van der Waals surface area contributed by atoms with E-state index in [0.29, 0.717) is 6.73 Å². The molecule has 0 atom stereocenters. The molecule has 0 saturated carbocycles. The summed E-state index contributed by atoms with van der Waals surface area (Å²) in [6, 6.07) is 6.09. The Balaban J connectivity index is 2.54. The van der Waals surface area contributed by atoms with Gasteiger partial charge in [-0.15, -0.1) is 0 Å². The summed E-state index contributed by atoms with van der Waals surface area (Å²) in [5.41, 5.74) is 2.32. The van der Waals surface area contributed by atoms with E-state index in [9.17, 15) is 0 Å². The van der Waals surface area contributed by atoms with E-state index in [1.165, 1.54) is 5.56 Å². The number of nitrogens with zero attached hydrogens (tertiary/aromatic N) is 1. The Hall–Kier alpha value is -1.31. The summed E-state index contributed by atoms with van der Waals surface area (Å²) in [6.45, 7) is 2.51. The first-order valence-corrected chi connectivity index (χ1v) is 3.59. The van der Waals surface area contributed by atoms with Crippen molar-refractivity contribution >= 4 is 6.21 Å². The molecule has 2 rings (SSSR count). The van der Waals surface area contributed by atoms with E-state index in [2.05, 4.69) is 18.0 Å². The molecule has 11 heavy (non-hydrogen) atoms. The number of benzene rings is 1. The first-order chi connectivity index (χ1) is 5.36. The van der Waals surface area contributed by atoms with Crippen LogP contribution in [-0.4, -0.2) is 12.9 Å². The fraction of sp³-hybridized carbons (Fsp3) is 0.222. The molecule has 0 aromatic heterocycles. The van der Waals surface area contributed by atoms with Gasteiger partial charge in [0.1, 0.15) is 5.75 Å². The molecule has 0 bridgehead atoms. The second kappa shape index (κ2) is 2.38. The molecule has 0 aliphatic carbocycles. The van der Waals surface area contributed by atoms with Crippen LogP contribution < -0.4 is 4.74 Å². The van der Waals surface area contributed by atoms with E-state index in [4.69, 9.17) is 4.74 Å². The number of aryl methyl sites for hydroxylation is 1. The lowest BCUT2D eigenvalue weighted by Crippen LogP contribution is -2.03. The lowest BCUT2D eigenvalue weighted by Gasteiger charge is -2.11. The smallest absolute Gasteiger partial charge is 0.179 e. The van der Waals surface area contributed by atoms with E-state index in [0.717, 1.165) is 11.3 Å². The topological polar surface area (TPSA) is 21.6 Å². The highest BCUT2D eigenvalue weighted by Gasteiger charge is 2.04. The van der Waals surface area contributed by atoms with Gasteiger partial charge in [-0.05, 0) is 19.1 Å². The Morgan fingerprint density at radius 2 is 2.36 bits per heavy atom. The Kier molecular flexibility index (Phi) is 1.39. The molecule has 0 spiro atoms. The normalized spacial score (nSPS) is 13.9. The van der Waals surface area contributed by atoms with Crippen molar-refractivity contribution < 1.29 is 4.74 Å². The van der Waals surface area contributed by atoms with Gasteiger partial charge in [-0.1, -0.05) is 11.6 Å². The second-order valence-electron chi connectivity index (χ2n) is 2.63. The van der Waals surface area contributed by atoms with Gasteiger partial charge in [-0.3, -0.25) is 4.99 Å². The fourth-order valence-corrected chi connectivity index (χ4v) is 1.14. The lowest BCUT2D eigenvalue weighted by molar-refractivity contribution is 0.326. The van der Waals surface area contributed by atoms with Gasteiger partial charge in [-0.2, -0.15) is 0 Å². The minimum absolute atomic E-state index is 0.454. The predicted octanol–water partition coefficient (Wildman–Crippen LogP) is 1.76. The molecule has 56 valence electrons. The van der Waals surface area contributed by atoms with E-state index in [1.807, 2.05) is 18.3 Å². The van der Waals surface area contributed by atoms with Crippen LogP contribution in [0.5, 0.6) is 5.75 Å². The predicted molar refractivity (Wildman–Crippen MR) is 44.3 cm³/mol. The van der Waals surface area contributed by atoms with Crippen LogP contribution in [0, 0.1) is 6.92 Å². The third-order valence-corrected chi connectivity index (χ3v) is 1.69. The maximum absolute atomic E-state index is 5.28. The summed E-state index contributed by atoms with van der Waals surface area (Å²) in [5, 5.41) is 0. The summed E-state index contributed by atoms with van der Waals surface area (Å²) >= 11 is 0. The van der Waals surface area contributed by atoms with Gasteiger partial charge in [0.15, 0.2) is 6.73 Å². The molecule has 1 aliphatic rings. The zero-order valence-electron chi connectivity index (χ0n) is 6.37. The number of rotatable bonds is 0. The van der Waals surface area contributed by atoms with Crippen LogP contribution in [0.15, 0.2) is 23.2 Å². The Morgan fingerprint density at radius 1 is 1.45 bits per heavy atom. The SMILES string of the molecule is Cc1ccc2c(c1)C=NCO2. The Morgan fingerprint density at radius 3 is 3.27 bits per heavy atom. The third-order valence-electron chi connectivity index (χ3n) is 1.69. The lowest BCUT2D eigenvalue weighted by atomic mass is 10.1. The van der Waals surface area contributed by atoms with Crippen LogP contribution in [-0.2, 0) is 0 Å². The second-order valence-corrected chi connectivity index (χ2v) is 2.63. The van der Waals surface area contributed by atoms with Crippen LogP contribution >= 0.6 is 0 Å². The highest BCUT2D eigenvalue weighted by Crippen LogP contribution is 2.20. The van der Waals surface area contributed by atoms with Crippen molar-refractivity contribution in [3.63, 3.8) is 0 Å². The number of hydrogen-bond acceptors (Lipinski definition) is 2. The molecule has 0 N–H and O–H groups in total. The van der Waals surface area contributed by atoms with Gasteiger partial charge in [0.05, 0.1) is 0 Å². The van der Waals surface area contributed by atoms with Crippen LogP contribution in [0.4, 0.5) is 0 Å². The summed E-state index contributed by atoms with van der Waals surface area (Å²) in [7, 11) is 0. The highest BCUT2D eigenvalue weighted by atomic mass is 16.5. The first-order valence-electron chi connectivity index (χ1n) is 3.59. The number of fused-ring (bicyclic) bond motifs is 1. The van der Waals surface area contributed by atoms with Crippen molar-refractivity contribution in [3.05, 3.63) is 29.3 Å². The van der Waals surface area contributed by atoms with Crippen LogP contribution in [0.2, 0.25) is 0 Å². The Labute approximate surface area is 65.5 Å². The molecular weight excluding hydrogens is 138 g/mol. The van der Waals surface area contributed by atoms with Gasteiger partial charge in [-0.25, -0.2) is 0 Å². The van der Waals surface area contributed by atoms with Gasteiger partial charge in [0.2, 0.25) is 0 Å². The average molecular weight is 147 g/mol. The van der Waals surface area contributed by atoms with Crippen molar-refractivity contribution in [2.24, 2.45) is 4.99 Å². The zero-order valence-corrected chi connectivity index (χ0v) is 6.37. The van der Waals surface area contributed by atoms with Gasteiger partial charge in [0.25, 0.3) is 0 Å². The van der Waals surface area contributed by atoms with E-state index in [1.54, 1.807) is 0 Å². The molecular formula is C9H9NO. The van der Waals surface area contributed by atoms with Crippen molar-refractivity contribution in [1.82, 2.24) is 0 Å². The van der Waals surface area contributed by atoms with E-state index < -0.39 is 0 Å². The molecule has 2 heteroatoms. The molecule has 0 saturated heterocycles. The molecule has 1 aromatic carbocycles. The third kappa shape index (κ3) is 1.11. The molecule has 0 radical (unpaired) electrons. The molecule has 1 aliphatic heterocycles. The van der Waals surface area contributed by atoms with Crippen molar-refractivity contribution in [1.29, 1.82) is 0 Å². The molecule has 0 fully saturated rings. The number of aliphatic imine (C=N–C) groups is 1. The summed E-state index contributed by atoms with van der Waals surface area (Å²) in [5.74, 6) is 0.936. The quantitative estimate of drug-likeness (QED) is 0.548. The summed E-state index contributed by atoms with van der Waals surface area (Å²) in [4.78, 5) is 4.01. The van der Waals surface area contributed by atoms with Gasteiger partial charge >= 0.3 is 0 Å². The Bertz CT molecular complexity index is 304. The van der Waals surface area contributed by atoms with Crippen molar-refractivity contribution in [2.75, 3.05) is 6.73 Å². The van der Waals surface area contributed by atoms with E-state index in [-0.39, 0.29) is 0 Å². The van der Waals surface area contributed by atoms with Crippen LogP contribution in [0.1, 0.15) is 11.1 Å². The standard InChI is InChI=1S/C9H9NO/c1-7-2-3-9-8(4-7)5-10-6-11-9/h2-5H,6H2,1H3. The summed E-state index contributed by atoms with van der Waals surface area (Å²) < 4.78 is 5.28. The first kappa shape index (κ1) is 6.40. The van der Waals surface area contributed by atoms with Crippen molar-refractivity contribution in [2.45, 2.75) is 6.92 Å². The van der Waals surface area contributed by atoms with Crippen LogP contribution in [0.25, 0.3) is 0 Å². The maximum atomic E-state index is 5.28. The molecule has 1 heterocycles. The average Bonchev–Trinajstić information content (AvgIpc) is 2.04. The monoisotopic (exact) mass is 147 g/mol. The van der Waals surface area contributed by atoms with Crippen molar-refractivity contribution in [3.8, 4) is 5.75 Å². The maximum Gasteiger partial charge on any atom is 0.179 e. The largest absolute Gasteiger partial charge is 0.471 e. The number of ether oxygens (including phenoxy) is 1. The summed E-state index contributed by atoms with van der Waals surface area (Å²) in [6.07, 6.45) is 1.85. The van der Waals surface area contributed by atoms with Gasteiger partial charge < -0.3 is 4.74 Å². The molecule has 0 amide bonds. The van der Waals surface area contributed by atoms with Crippen LogP contribution in [0.3, 0.4) is 0 Å². The highest BCUT2D eigenvalue weighted by molar-refractivity contribution is 5.84. The molecule has 1 aromatic rings. The minimum Gasteiger partial charge on any atom is -0.471 e. The fourth-order valence-electron chi connectivity index (χ4n) is 1.14.